The lowest BCUT2D eigenvalue weighted by Crippen LogP contribution is -2.27. The molecule has 0 unspecified atom stereocenters. The van der Waals surface area contributed by atoms with E-state index >= 15 is 0 Å². The summed E-state index contributed by atoms with van der Waals surface area (Å²) < 4.78 is 36.6. The van der Waals surface area contributed by atoms with Gasteiger partial charge in [0.1, 0.15) is 4.90 Å². The fraction of sp³-hybridized carbons (Fsp3) is 0.0833. The predicted octanol–water partition coefficient (Wildman–Crippen LogP) is 6.52. The molecule has 10 nitrogen and oxygen atoms in total. The second kappa shape index (κ2) is 11.7. The Morgan fingerprint density at radius 2 is 1.77 bits per heavy atom. The second-order valence-corrected chi connectivity index (χ2v) is 12.4. The van der Waals surface area contributed by atoms with Crippen molar-refractivity contribution >= 4 is 90.6 Å². The van der Waals surface area contributed by atoms with Crippen molar-refractivity contribution in [3.8, 4) is 11.5 Å². The van der Waals surface area contributed by atoms with E-state index in [1.165, 1.54) is 19.3 Å². The number of halogens is 3. The van der Waals surface area contributed by atoms with E-state index in [2.05, 4.69) is 0 Å². The van der Waals surface area contributed by atoms with Gasteiger partial charge in [0, 0.05) is 12.1 Å². The van der Waals surface area contributed by atoms with E-state index in [1.807, 2.05) is 22.6 Å². The van der Waals surface area contributed by atoms with Crippen molar-refractivity contribution in [2.24, 2.45) is 0 Å². The number of thioether (sulfide) groups is 1. The summed E-state index contributed by atoms with van der Waals surface area (Å²) >= 11 is 14.6. The average molecular weight is 721 g/mol. The third-order valence-corrected chi connectivity index (χ3v) is 8.96. The fourth-order valence-corrected chi connectivity index (χ4v) is 6.41. The Kier molecular flexibility index (Phi) is 8.75. The number of benzene rings is 3. The smallest absolute Gasteiger partial charge is 0.339 e. The van der Waals surface area contributed by atoms with Crippen LogP contribution in [0.1, 0.15) is 11.1 Å². The van der Waals surface area contributed by atoms with E-state index in [9.17, 15) is 28.1 Å². The zero-order valence-electron chi connectivity index (χ0n) is 19.6. The summed E-state index contributed by atoms with van der Waals surface area (Å²) in [6.45, 7) is 0.00698. The molecule has 0 atom stereocenters. The third-order valence-electron chi connectivity index (χ3n) is 5.28. The molecule has 15 heteroatoms. The number of hydrogen-bond acceptors (Lipinski definition) is 9. The van der Waals surface area contributed by atoms with Crippen LogP contribution < -0.4 is 8.92 Å². The van der Waals surface area contributed by atoms with Crippen molar-refractivity contribution in [1.29, 1.82) is 0 Å². The molecule has 0 spiro atoms. The largest absolute Gasteiger partial charge is 0.493 e. The molecule has 0 saturated carbocycles. The number of hydrogen-bond donors (Lipinski definition) is 0. The number of nitro benzene ring substituents is 1. The number of imide groups is 1. The molecule has 2 amide bonds. The molecule has 0 aromatic heterocycles. The van der Waals surface area contributed by atoms with Crippen LogP contribution in [0.15, 0.2) is 64.4 Å². The first-order valence-corrected chi connectivity index (χ1v) is 14.7. The summed E-state index contributed by atoms with van der Waals surface area (Å²) in [5.74, 6) is -0.568. The predicted molar refractivity (Wildman–Crippen MR) is 155 cm³/mol. The molecule has 1 fully saturated rings. The van der Waals surface area contributed by atoms with Crippen LogP contribution in [-0.2, 0) is 21.5 Å². The number of methoxy groups -OCH3 is 1. The zero-order chi connectivity index (χ0) is 28.5. The molecule has 39 heavy (non-hydrogen) atoms. The first-order chi connectivity index (χ1) is 18.4. The van der Waals surface area contributed by atoms with Crippen molar-refractivity contribution in [2.75, 3.05) is 7.11 Å². The van der Waals surface area contributed by atoms with Gasteiger partial charge in [-0.25, -0.2) is 0 Å². The van der Waals surface area contributed by atoms with Gasteiger partial charge in [-0.1, -0.05) is 29.3 Å². The zero-order valence-corrected chi connectivity index (χ0v) is 24.9. The van der Waals surface area contributed by atoms with Crippen LogP contribution in [-0.4, -0.2) is 36.5 Å². The van der Waals surface area contributed by atoms with Crippen LogP contribution in [0.4, 0.5) is 10.5 Å². The molecule has 1 aliphatic heterocycles. The molecule has 1 saturated heterocycles. The van der Waals surface area contributed by atoms with Crippen molar-refractivity contribution in [3.05, 3.63) is 94.4 Å². The van der Waals surface area contributed by atoms with Gasteiger partial charge in [-0.05, 0) is 88.0 Å². The minimum absolute atomic E-state index is 0.00698. The Morgan fingerprint density at radius 3 is 2.38 bits per heavy atom. The number of nitro groups is 1. The lowest BCUT2D eigenvalue weighted by molar-refractivity contribution is -0.384. The van der Waals surface area contributed by atoms with E-state index < -0.39 is 26.2 Å². The summed E-state index contributed by atoms with van der Waals surface area (Å²) in [5.41, 5.74) is 0.808. The molecule has 0 radical (unpaired) electrons. The Morgan fingerprint density at radius 1 is 1.08 bits per heavy atom. The minimum Gasteiger partial charge on any atom is -0.493 e. The molecule has 3 aromatic rings. The second-order valence-electron chi connectivity index (χ2n) is 7.84. The van der Waals surface area contributed by atoms with Crippen molar-refractivity contribution in [1.82, 2.24) is 4.90 Å². The van der Waals surface area contributed by atoms with Gasteiger partial charge in [0.25, 0.3) is 16.8 Å². The minimum atomic E-state index is -4.36. The highest BCUT2D eigenvalue weighted by Crippen LogP contribution is 2.39. The molecule has 4 rings (SSSR count). The Balaban J connectivity index is 1.58. The number of carbonyl (C=O) groups excluding carboxylic acids is 2. The quantitative estimate of drug-likeness (QED) is 0.0839. The van der Waals surface area contributed by atoms with Gasteiger partial charge in [-0.15, -0.1) is 0 Å². The maximum absolute atomic E-state index is 13.0. The molecule has 1 heterocycles. The number of amides is 2. The molecule has 202 valence electrons. The standard InChI is InChI=1S/C24H15Cl2IN2O8S2/c1-36-20-10-14(9-19(27)22(20)37-39(34,35)16-5-3-15(4-6-16)29(32)33)11-21-23(30)28(24(31)38-21)12-13-2-7-17(25)18(26)8-13/h2-11H,12H2,1H3/b21-11-. The highest BCUT2D eigenvalue weighted by Gasteiger charge is 2.35. The van der Waals surface area contributed by atoms with Gasteiger partial charge in [0.15, 0.2) is 11.5 Å². The Bertz CT molecular complexity index is 1650. The van der Waals surface area contributed by atoms with Crippen LogP contribution in [0.5, 0.6) is 11.5 Å². The third kappa shape index (κ3) is 6.49. The van der Waals surface area contributed by atoms with Gasteiger partial charge in [-0.2, -0.15) is 8.42 Å². The molecule has 3 aromatic carbocycles. The lowest BCUT2D eigenvalue weighted by Gasteiger charge is -2.14. The summed E-state index contributed by atoms with van der Waals surface area (Å²) in [6, 6.07) is 12.1. The first-order valence-electron chi connectivity index (χ1n) is 10.7. The first kappa shape index (κ1) is 29.1. The molecular weight excluding hydrogens is 706 g/mol. The number of rotatable bonds is 8. The maximum Gasteiger partial charge on any atom is 0.339 e. The summed E-state index contributed by atoms with van der Waals surface area (Å²) in [5, 5.41) is 11.0. The van der Waals surface area contributed by atoms with Gasteiger partial charge in [-0.3, -0.25) is 24.6 Å². The maximum atomic E-state index is 13.0. The van der Waals surface area contributed by atoms with Crippen LogP contribution in [0.2, 0.25) is 10.0 Å². The van der Waals surface area contributed by atoms with Crippen molar-refractivity contribution in [3.63, 3.8) is 0 Å². The van der Waals surface area contributed by atoms with Crippen LogP contribution in [0.3, 0.4) is 0 Å². The highest BCUT2D eigenvalue weighted by molar-refractivity contribution is 14.1. The Labute approximate surface area is 250 Å². The van der Waals surface area contributed by atoms with Crippen molar-refractivity contribution < 1.29 is 31.9 Å². The SMILES string of the molecule is COc1cc(/C=C2\SC(=O)N(Cc3ccc(Cl)c(Cl)c3)C2=O)cc(I)c1OS(=O)(=O)c1ccc([N+](=O)[O-])cc1. The molecule has 1 aliphatic rings. The summed E-state index contributed by atoms with van der Waals surface area (Å²) in [6.07, 6.45) is 1.49. The van der Waals surface area contributed by atoms with E-state index in [0.29, 0.717) is 24.7 Å². The van der Waals surface area contributed by atoms with E-state index in [1.54, 1.807) is 24.3 Å². The molecule has 0 aliphatic carbocycles. The normalized spacial score (nSPS) is 14.7. The van der Waals surface area contributed by atoms with E-state index in [0.717, 1.165) is 40.9 Å². The Hall–Kier alpha value is -2.85. The number of non-ortho nitro benzene ring substituents is 1. The highest BCUT2D eigenvalue weighted by atomic mass is 127. The topological polar surface area (TPSA) is 133 Å². The van der Waals surface area contributed by atoms with Crippen LogP contribution in [0.25, 0.3) is 6.08 Å². The van der Waals surface area contributed by atoms with E-state index in [4.69, 9.17) is 32.1 Å². The summed E-state index contributed by atoms with van der Waals surface area (Å²) in [7, 11) is -3.04. The average Bonchev–Trinajstić information content (AvgIpc) is 3.14. The van der Waals surface area contributed by atoms with E-state index in [-0.39, 0.29) is 33.5 Å². The monoisotopic (exact) mass is 720 g/mol. The van der Waals surface area contributed by atoms with Gasteiger partial charge in [0.2, 0.25) is 0 Å². The summed E-state index contributed by atoms with van der Waals surface area (Å²) in [4.78, 5) is 36.7. The fourth-order valence-electron chi connectivity index (χ4n) is 3.40. The lowest BCUT2D eigenvalue weighted by atomic mass is 10.1. The molecule has 0 bridgehead atoms. The number of nitrogens with zero attached hydrogens (tertiary/aromatic N) is 2. The van der Waals surface area contributed by atoms with Gasteiger partial charge < -0.3 is 8.92 Å². The van der Waals surface area contributed by atoms with Crippen LogP contribution >= 0.6 is 57.6 Å². The van der Waals surface area contributed by atoms with Gasteiger partial charge in [0.05, 0.1) is 37.1 Å². The van der Waals surface area contributed by atoms with Crippen molar-refractivity contribution in [2.45, 2.75) is 11.4 Å². The molecule has 0 N–H and O–H groups in total. The van der Waals surface area contributed by atoms with Crippen LogP contribution in [0, 0.1) is 13.7 Å². The number of carbonyl (C=O) groups is 2. The number of ether oxygens (including phenoxy) is 1. The molecular formula is C24H15Cl2IN2O8S2. The van der Waals surface area contributed by atoms with Gasteiger partial charge >= 0.3 is 10.1 Å².